The molecule has 0 saturated carbocycles. The Kier molecular flexibility index (Phi) is 5.25. The lowest BCUT2D eigenvalue weighted by molar-refractivity contribution is -0.384. The molecule has 2 heterocycles. The Morgan fingerprint density at radius 1 is 1.10 bits per heavy atom. The molecule has 2 aromatic heterocycles. The van der Waals surface area contributed by atoms with Gasteiger partial charge in [-0.25, -0.2) is 10.4 Å². The topological polar surface area (TPSA) is 115 Å². The number of hydrogen-bond donors (Lipinski definition) is 1. The molecule has 9 heteroatoms. The van der Waals surface area contributed by atoms with Gasteiger partial charge in [-0.3, -0.25) is 19.9 Å². The minimum absolute atomic E-state index is 0.00399. The third-order valence-corrected chi connectivity index (χ3v) is 4.36. The summed E-state index contributed by atoms with van der Waals surface area (Å²) in [5.74, 6) is 0.250. The molecule has 4 aromatic rings. The zero-order valence-electron chi connectivity index (χ0n) is 15.7. The molecular weight excluding hydrogens is 384 g/mol. The highest BCUT2D eigenvalue weighted by Crippen LogP contribution is 2.23. The Morgan fingerprint density at radius 3 is 2.60 bits per heavy atom. The Morgan fingerprint density at radius 2 is 1.87 bits per heavy atom. The molecule has 4 rings (SSSR count). The second kappa shape index (κ2) is 8.31. The van der Waals surface area contributed by atoms with Crippen molar-refractivity contribution in [3.63, 3.8) is 0 Å². The van der Waals surface area contributed by atoms with Crippen molar-refractivity contribution in [3.05, 3.63) is 88.6 Å². The van der Waals surface area contributed by atoms with Crippen LogP contribution < -0.4 is 5.43 Å². The predicted octanol–water partition coefficient (Wildman–Crippen LogP) is 3.16. The van der Waals surface area contributed by atoms with Gasteiger partial charge in [-0.2, -0.15) is 5.10 Å². The van der Waals surface area contributed by atoms with Gasteiger partial charge in [0.15, 0.2) is 5.82 Å². The van der Waals surface area contributed by atoms with E-state index in [1.807, 2.05) is 42.5 Å². The number of aromatic nitrogens is 3. The minimum atomic E-state index is -0.475. The van der Waals surface area contributed by atoms with Gasteiger partial charge in [-0.15, -0.1) is 0 Å². The van der Waals surface area contributed by atoms with Crippen molar-refractivity contribution in [1.29, 1.82) is 0 Å². The van der Waals surface area contributed by atoms with Crippen LogP contribution in [0.15, 0.2) is 78.0 Å². The smallest absolute Gasteiger partial charge is 0.269 e. The van der Waals surface area contributed by atoms with Gasteiger partial charge in [-0.05, 0) is 42.0 Å². The van der Waals surface area contributed by atoms with Crippen LogP contribution in [-0.2, 0) is 11.3 Å². The quantitative estimate of drug-likeness (QED) is 0.303. The predicted molar refractivity (Wildman–Crippen MR) is 112 cm³/mol. The van der Waals surface area contributed by atoms with Crippen molar-refractivity contribution < 1.29 is 9.72 Å². The average molecular weight is 400 g/mol. The number of nitrogens with one attached hydrogen (secondary N) is 1. The molecule has 0 aliphatic carbocycles. The number of hydrazone groups is 1. The van der Waals surface area contributed by atoms with Crippen LogP contribution in [0.2, 0.25) is 0 Å². The van der Waals surface area contributed by atoms with Gasteiger partial charge < -0.3 is 4.57 Å². The highest BCUT2D eigenvalue weighted by molar-refractivity contribution is 5.85. The van der Waals surface area contributed by atoms with Crippen LogP contribution in [0.1, 0.15) is 5.56 Å². The number of hydrogen-bond acceptors (Lipinski definition) is 6. The molecule has 148 valence electrons. The summed E-state index contributed by atoms with van der Waals surface area (Å²) in [6, 6.07) is 18.9. The third kappa shape index (κ3) is 4.04. The molecule has 1 amide bonds. The van der Waals surface area contributed by atoms with Gasteiger partial charge in [0.05, 0.1) is 22.2 Å². The van der Waals surface area contributed by atoms with E-state index in [9.17, 15) is 14.9 Å². The number of fused-ring (bicyclic) bond motifs is 1. The first-order chi connectivity index (χ1) is 14.6. The van der Waals surface area contributed by atoms with Gasteiger partial charge >= 0.3 is 0 Å². The van der Waals surface area contributed by atoms with E-state index in [0.29, 0.717) is 17.1 Å². The summed E-state index contributed by atoms with van der Waals surface area (Å²) in [7, 11) is 0. The monoisotopic (exact) mass is 400 g/mol. The number of benzene rings is 2. The van der Waals surface area contributed by atoms with E-state index in [2.05, 4.69) is 20.5 Å². The second-order valence-electron chi connectivity index (χ2n) is 6.37. The van der Waals surface area contributed by atoms with Gasteiger partial charge in [0.2, 0.25) is 0 Å². The molecular formula is C21H16N6O3. The highest BCUT2D eigenvalue weighted by atomic mass is 16.6. The number of nitro groups is 1. The Hall–Kier alpha value is -4.40. The molecule has 0 radical (unpaired) electrons. The van der Waals surface area contributed by atoms with Crippen LogP contribution in [0, 0.1) is 10.1 Å². The van der Waals surface area contributed by atoms with E-state index in [1.165, 1.54) is 18.3 Å². The van der Waals surface area contributed by atoms with Crippen LogP contribution in [0.5, 0.6) is 0 Å². The minimum Gasteiger partial charge on any atom is -0.313 e. The van der Waals surface area contributed by atoms with Crippen LogP contribution in [0.25, 0.3) is 22.6 Å². The summed E-state index contributed by atoms with van der Waals surface area (Å²) in [5.41, 5.74) is 5.34. The average Bonchev–Trinajstić information content (AvgIpc) is 3.13. The van der Waals surface area contributed by atoms with Crippen molar-refractivity contribution in [2.45, 2.75) is 6.54 Å². The van der Waals surface area contributed by atoms with E-state index >= 15 is 0 Å². The largest absolute Gasteiger partial charge is 0.313 e. The van der Waals surface area contributed by atoms with E-state index in [0.717, 1.165) is 11.0 Å². The summed E-state index contributed by atoms with van der Waals surface area (Å²) in [6.45, 7) is 0.00399. The van der Waals surface area contributed by atoms with Crippen LogP contribution in [0.3, 0.4) is 0 Å². The molecule has 0 atom stereocenters. The van der Waals surface area contributed by atoms with Crippen molar-refractivity contribution in [2.75, 3.05) is 0 Å². The van der Waals surface area contributed by atoms with Crippen LogP contribution in [0.4, 0.5) is 5.69 Å². The first kappa shape index (κ1) is 18.9. The van der Waals surface area contributed by atoms with E-state index < -0.39 is 4.92 Å². The number of para-hydroxylation sites is 2. The Balaban J connectivity index is 1.52. The van der Waals surface area contributed by atoms with Crippen molar-refractivity contribution in [2.24, 2.45) is 5.10 Å². The lowest BCUT2D eigenvalue weighted by Gasteiger charge is -2.07. The number of nitro benzene ring substituents is 1. The molecule has 0 bridgehead atoms. The van der Waals surface area contributed by atoms with Gasteiger partial charge in [0, 0.05) is 18.3 Å². The number of imidazole rings is 1. The summed E-state index contributed by atoms with van der Waals surface area (Å²) < 4.78 is 1.79. The zero-order valence-corrected chi connectivity index (χ0v) is 15.7. The molecule has 0 saturated heterocycles. The first-order valence-corrected chi connectivity index (χ1v) is 9.05. The lowest BCUT2D eigenvalue weighted by Crippen LogP contribution is -2.23. The van der Waals surface area contributed by atoms with Gasteiger partial charge in [0.25, 0.3) is 11.6 Å². The number of pyridine rings is 1. The molecule has 0 aliphatic rings. The second-order valence-corrected chi connectivity index (χ2v) is 6.37. The van der Waals surface area contributed by atoms with Crippen molar-refractivity contribution in [3.8, 4) is 11.5 Å². The number of carbonyl (C=O) groups is 1. The molecule has 0 fully saturated rings. The van der Waals surface area contributed by atoms with E-state index in [1.54, 1.807) is 22.9 Å². The Labute approximate surface area is 170 Å². The fourth-order valence-electron chi connectivity index (χ4n) is 2.97. The molecule has 2 aromatic carbocycles. The maximum Gasteiger partial charge on any atom is 0.269 e. The standard InChI is InChI=1S/C21H16N6O3/c28-20(25-23-13-15-8-10-16(11-9-15)27(29)30)14-26-19-7-2-1-5-17(19)24-21(26)18-6-3-4-12-22-18/h1-13H,14H2,(H,25,28)/b23-13+. The van der Waals surface area contributed by atoms with Crippen LogP contribution >= 0.6 is 0 Å². The van der Waals surface area contributed by atoms with Crippen molar-refractivity contribution >= 4 is 28.8 Å². The lowest BCUT2D eigenvalue weighted by atomic mass is 10.2. The molecule has 9 nitrogen and oxygen atoms in total. The van der Waals surface area contributed by atoms with E-state index in [4.69, 9.17) is 0 Å². The molecule has 30 heavy (non-hydrogen) atoms. The van der Waals surface area contributed by atoms with Crippen LogP contribution in [-0.4, -0.2) is 31.6 Å². The number of rotatable bonds is 6. The number of non-ortho nitro benzene ring substituents is 1. The zero-order chi connectivity index (χ0) is 20.9. The van der Waals surface area contributed by atoms with Crippen molar-refractivity contribution in [1.82, 2.24) is 20.0 Å². The maximum absolute atomic E-state index is 12.5. The Bertz CT molecular complexity index is 1230. The van der Waals surface area contributed by atoms with Gasteiger partial charge in [-0.1, -0.05) is 18.2 Å². The fourth-order valence-corrected chi connectivity index (χ4v) is 2.97. The molecule has 1 N–H and O–H groups in total. The molecule has 0 spiro atoms. The SMILES string of the molecule is O=C(Cn1c(-c2ccccn2)nc2ccccc21)N/N=C/c1ccc([N+](=O)[O-])cc1. The van der Waals surface area contributed by atoms with E-state index in [-0.39, 0.29) is 18.1 Å². The first-order valence-electron chi connectivity index (χ1n) is 9.05. The summed E-state index contributed by atoms with van der Waals surface area (Å²) in [4.78, 5) is 31.7. The number of carbonyl (C=O) groups excluding carboxylic acids is 1. The van der Waals surface area contributed by atoms with Gasteiger partial charge in [0.1, 0.15) is 12.2 Å². The highest BCUT2D eigenvalue weighted by Gasteiger charge is 2.15. The summed E-state index contributed by atoms with van der Waals surface area (Å²) in [5, 5.41) is 14.6. The fraction of sp³-hybridized carbons (Fsp3) is 0.0476. The molecule has 0 unspecified atom stereocenters. The normalized spacial score (nSPS) is 11.1. The number of nitrogens with zero attached hydrogens (tertiary/aromatic N) is 5. The summed E-state index contributed by atoms with van der Waals surface area (Å²) in [6.07, 6.45) is 3.10. The third-order valence-electron chi connectivity index (χ3n) is 4.36. The summed E-state index contributed by atoms with van der Waals surface area (Å²) >= 11 is 0. The maximum atomic E-state index is 12.5. The number of amides is 1. The molecule has 0 aliphatic heterocycles.